The van der Waals surface area contributed by atoms with Gasteiger partial charge in [0, 0.05) is 33.1 Å². The highest BCUT2D eigenvalue weighted by Gasteiger charge is 2.36. The van der Waals surface area contributed by atoms with Gasteiger partial charge >= 0.3 is 0 Å². The molecular weight excluding hydrogens is 619 g/mol. The van der Waals surface area contributed by atoms with Crippen LogP contribution >= 0.6 is 0 Å². The molecule has 1 aliphatic rings. The summed E-state index contributed by atoms with van der Waals surface area (Å²) in [5, 5.41) is 4.70. The molecule has 0 N–H and O–H groups in total. The lowest BCUT2D eigenvalue weighted by Gasteiger charge is -2.30. The molecule has 0 saturated carbocycles. The molecule has 0 spiro atoms. The average molecular weight is 654 g/mol. The Morgan fingerprint density at radius 2 is 1.02 bits per heavy atom. The number of rotatable bonds is 5. The van der Waals surface area contributed by atoms with E-state index < -0.39 is 0 Å². The molecule has 0 unspecified atom stereocenters. The summed E-state index contributed by atoms with van der Waals surface area (Å²) in [5.41, 5.74) is 15.1. The van der Waals surface area contributed by atoms with E-state index in [1.165, 1.54) is 44.2 Å². The molecule has 0 saturated heterocycles. The van der Waals surface area contributed by atoms with E-state index in [9.17, 15) is 0 Å². The zero-order valence-electron chi connectivity index (χ0n) is 28.6. The molecule has 51 heavy (non-hydrogen) atoms. The molecule has 1 heterocycles. The summed E-state index contributed by atoms with van der Waals surface area (Å²) >= 11 is 0. The Bertz CT molecular complexity index is 2770. The van der Waals surface area contributed by atoms with Crippen LogP contribution in [0.2, 0.25) is 0 Å². The van der Waals surface area contributed by atoms with E-state index in [2.05, 4.69) is 189 Å². The third-order valence-electron chi connectivity index (χ3n) is 10.9. The quantitative estimate of drug-likeness (QED) is 0.184. The molecule has 1 aliphatic carbocycles. The highest BCUT2D eigenvalue weighted by Crippen LogP contribution is 2.52. The van der Waals surface area contributed by atoms with Crippen LogP contribution in [-0.2, 0) is 5.41 Å². The molecule has 2 heteroatoms. The van der Waals surface area contributed by atoms with Crippen LogP contribution in [0.5, 0.6) is 0 Å². The molecular formula is C49H35NO. The lowest BCUT2D eigenvalue weighted by Crippen LogP contribution is -2.16. The Labute approximate surface area is 297 Å². The van der Waals surface area contributed by atoms with Crippen molar-refractivity contribution in [1.29, 1.82) is 0 Å². The predicted octanol–water partition coefficient (Wildman–Crippen LogP) is 13.8. The minimum absolute atomic E-state index is 0.118. The first-order valence-corrected chi connectivity index (χ1v) is 17.7. The van der Waals surface area contributed by atoms with Crippen molar-refractivity contribution in [3.8, 4) is 33.4 Å². The molecule has 242 valence electrons. The minimum Gasteiger partial charge on any atom is -0.456 e. The standard InChI is InChI=1S/C49H35NO/c1-49(2)43-21-11-8-17-37(43)38-29-28-35(30-44(38)49)50(34-26-24-33(25-27-34)32-14-4-3-5-15-32)45-22-12-9-18-39(45)42-31-47-48(40-19-7-6-16-36(40)42)41-20-10-13-23-46(41)51-47/h3-31H,1-2H3. The normalized spacial score (nSPS) is 13.1. The van der Waals surface area contributed by atoms with Gasteiger partial charge in [-0.3, -0.25) is 0 Å². The van der Waals surface area contributed by atoms with Gasteiger partial charge in [-0.1, -0.05) is 147 Å². The second kappa shape index (κ2) is 11.3. The Morgan fingerprint density at radius 3 is 1.84 bits per heavy atom. The number of para-hydroxylation sites is 2. The molecule has 9 aromatic rings. The molecule has 0 fully saturated rings. The van der Waals surface area contributed by atoms with Crippen molar-refractivity contribution >= 4 is 49.8 Å². The average Bonchev–Trinajstić information content (AvgIpc) is 3.67. The Balaban J connectivity index is 1.21. The van der Waals surface area contributed by atoms with Gasteiger partial charge in [-0.25, -0.2) is 0 Å². The van der Waals surface area contributed by atoms with Gasteiger partial charge in [0.2, 0.25) is 0 Å². The van der Waals surface area contributed by atoms with Gasteiger partial charge in [-0.15, -0.1) is 0 Å². The third kappa shape index (κ3) is 4.57. The molecule has 0 radical (unpaired) electrons. The van der Waals surface area contributed by atoms with Crippen LogP contribution in [0, 0.1) is 0 Å². The summed E-state index contributed by atoms with van der Waals surface area (Å²) in [6.45, 7) is 4.70. The van der Waals surface area contributed by atoms with Gasteiger partial charge in [0.05, 0.1) is 5.69 Å². The minimum atomic E-state index is -0.118. The molecule has 1 aromatic heterocycles. The fourth-order valence-electron chi connectivity index (χ4n) is 8.40. The molecule has 10 rings (SSSR count). The van der Waals surface area contributed by atoms with Crippen LogP contribution in [0.3, 0.4) is 0 Å². The van der Waals surface area contributed by atoms with E-state index in [0.29, 0.717) is 0 Å². The van der Waals surface area contributed by atoms with Crippen LogP contribution in [0.4, 0.5) is 17.1 Å². The summed E-state index contributed by atoms with van der Waals surface area (Å²) < 4.78 is 6.54. The monoisotopic (exact) mass is 653 g/mol. The van der Waals surface area contributed by atoms with Crippen molar-refractivity contribution in [2.24, 2.45) is 0 Å². The SMILES string of the molecule is CC1(C)c2ccccc2-c2ccc(N(c3ccc(-c4ccccc4)cc3)c3ccccc3-c3cc4oc5ccccc5c4c4ccccc34)cc21. The van der Waals surface area contributed by atoms with Crippen LogP contribution < -0.4 is 4.90 Å². The summed E-state index contributed by atoms with van der Waals surface area (Å²) in [4.78, 5) is 2.43. The zero-order valence-corrected chi connectivity index (χ0v) is 28.6. The summed E-state index contributed by atoms with van der Waals surface area (Å²) in [6, 6.07) is 63.6. The molecule has 0 atom stereocenters. The fraction of sp³-hybridized carbons (Fsp3) is 0.0612. The van der Waals surface area contributed by atoms with Crippen LogP contribution in [0.15, 0.2) is 180 Å². The van der Waals surface area contributed by atoms with Gasteiger partial charge in [0.1, 0.15) is 11.2 Å². The first kappa shape index (κ1) is 29.5. The number of anilines is 3. The lowest BCUT2D eigenvalue weighted by molar-refractivity contribution is 0.660. The number of hydrogen-bond acceptors (Lipinski definition) is 2. The van der Waals surface area contributed by atoms with E-state index in [1.807, 2.05) is 6.07 Å². The third-order valence-corrected chi connectivity index (χ3v) is 10.9. The maximum absolute atomic E-state index is 6.54. The lowest BCUT2D eigenvalue weighted by atomic mass is 9.82. The Hall–Kier alpha value is -6.38. The van der Waals surface area contributed by atoms with Crippen LogP contribution in [0.25, 0.3) is 66.1 Å². The number of nitrogens with zero attached hydrogens (tertiary/aromatic N) is 1. The number of furan rings is 1. The van der Waals surface area contributed by atoms with E-state index >= 15 is 0 Å². The smallest absolute Gasteiger partial charge is 0.136 e. The van der Waals surface area contributed by atoms with E-state index in [4.69, 9.17) is 4.42 Å². The van der Waals surface area contributed by atoms with Gasteiger partial charge in [-0.2, -0.15) is 0 Å². The Kier molecular flexibility index (Phi) is 6.56. The van der Waals surface area contributed by atoms with Gasteiger partial charge in [0.15, 0.2) is 0 Å². The number of fused-ring (bicyclic) bond motifs is 8. The molecule has 8 aromatic carbocycles. The second-order valence-corrected chi connectivity index (χ2v) is 14.1. The van der Waals surface area contributed by atoms with Crippen molar-refractivity contribution in [2.45, 2.75) is 19.3 Å². The number of benzene rings is 8. The maximum Gasteiger partial charge on any atom is 0.136 e. The van der Waals surface area contributed by atoms with Gasteiger partial charge in [0.25, 0.3) is 0 Å². The summed E-state index contributed by atoms with van der Waals surface area (Å²) in [7, 11) is 0. The predicted molar refractivity (Wildman–Crippen MR) is 214 cm³/mol. The summed E-state index contributed by atoms with van der Waals surface area (Å²) in [6.07, 6.45) is 0. The molecule has 0 aliphatic heterocycles. The molecule has 0 bridgehead atoms. The highest BCUT2D eigenvalue weighted by molar-refractivity contribution is 6.22. The van der Waals surface area contributed by atoms with Crippen LogP contribution in [-0.4, -0.2) is 0 Å². The first-order chi connectivity index (χ1) is 25.1. The second-order valence-electron chi connectivity index (χ2n) is 14.1. The Morgan fingerprint density at radius 1 is 0.412 bits per heavy atom. The van der Waals surface area contributed by atoms with E-state index in [0.717, 1.165) is 50.1 Å². The van der Waals surface area contributed by atoms with Crippen LogP contribution in [0.1, 0.15) is 25.0 Å². The van der Waals surface area contributed by atoms with Crippen molar-refractivity contribution in [2.75, 3.05) is 4.90 Å². The van der Waals surface area contributed by atoms with Crippen molar-refractivity contribution in [3.63, 3.8) is 0 Å². The molecule has 0 amide bonds. The van der Waals surface area contributed by atoms with Crippen molar-refractivity contribution < 1.29 is 4.42 Å². The largest absolute Gasteiger partial charge is 0.456 e. The van der Waals surface area contributed by atoms with E-state index in [-0.39, 0.29) is 5.41 Å². The molecule has 2 nitrogen and oxygen atoms in total. The zero-order chi connectivity index (χ0) is 34.1. The van der Waals surface area contributed by atoms with Crippen molar-refractivity contribution in [3.05, 3.63) is 187 Å². The van der Waals surface area contributed by atoms with Gasteiger partial charge in [-0.05, 0) is 92.2 Å². The first-order valence-electron chi connectivity index (χ1n) is 17.7. The van der Waals surface area contributed by atoms with Gasteiger partial charge < -0.3 is 9.32 Å². The van der Waals surface area contributed by atoms with E-state index in [1.54, 1.807) is 0 Å². The number of hydrogen-bond donors (Lipinski definition) is 0. The topological polar surface area (TPSA) is 16.4 Å². The summed E-state index contributed by atoms with van der Waals surface area (Å²) in [5.74, 6) is 0. The van der Waals surface area contributed by atoms with Crippen molar-refractivity contribution in [1.82, 2.24) is 0 Å². The fourth-order valence-corrected chi connectivity index (χ4v) is 8.40. The highest BCUT2D eigenvalue weighted by atomic mass is 16.3. The maximum atomic E-state index is 6.54.